The number of nitrogens with zero attached hydrogens (tertiary/aromatic N) is 2. The summed E-state index contributed by atoms with van der Waals surface area (Å²) in [6.07, 6.45) is 5.05. The molecule has 4 nitrogen and oxygen atoms in total. The highest BCUT2D eigenvalue weighted by molar-refractivity contribution is 5.44. The average molecular weight is 177 g/mol. The maximum Gasteiger partial charge on any atom is 0.222 e. The lowest BCUT2D eigenvalue weighted by atomic mass is 10.3. The molecule has 0 fully saturated rings. The molecule has 4 heteroatoms. The Labute approximate surface area is 77.1 Å². The molecule has 0 amide bonds. The van der Waals surface area contributed by atoms with Crippen molar-refractivity contribution in [3.05, 3.63) is 11.4 Å². The fraction of sp³-hybridized carbons (Fsp3) is 0.333. The van der Waals surface area contributed by atoms with Gasteiger partial charge in [0.25, 0.3) is 0 Å². The number of anilines is 1. The van der Waals surface area contributed by atoms with Crippen LogP contribution in [-0.4, -0.2) is 16.6 Å². The number of terminal acetylenes is 1. The van der Waals surface area contributed by atoms with Crippen LogP contribution in [0, 0.1) is 26.2 Å². The predicted molar refractivity (Wildman–Crippen MR) is 50.2 cm³/mol. The van der Waals surface area contributed by atoms with Gasteiger partial charge in [0.15, 0.2) is 6.61 Å². The number of nitrogen functional groups attached to an aromatic ring is 1. The lowest BCUT2D eigenvalue weighted by Gasteiger charge is -2.07. The molecule has 0 atom stereocenters. The molecule has 0 radical (unpaired) electrons. The van der Waals surface area contributed by atoms with Crippen molar-refractivity contribution in [2.45, 2.75) is 13.8 Å². The quantitative estimate of drug-likeness (QED) is 0.675. The van der Waals surface area contributed by atoms with Gasteiger partial charge in [-0.1, -0.05) is 5.92 Å². The Morgan fingerprint density at radius 1 is 1.46 bits per heavy atom. The van der Waals surface area contributed by atoms with E-state index in [9.17, 15) is 0 Å². The first-order valence-electron chi connectivity index (χ1n) is 3.82. The Bertz CT molecular complexity index is 355. The minimum absolute atomic E-state index is 0.191. The lowest BCUT2D eigenvalue weighted by molar-refractivity contribution is 0.351. The van der Waals surface area contributed by atoms with Gasteiger partial charge in [0.2, 0.25) is 5.88 Å². The third-order valence-corrected chi connectivity index (χ3v) is 1.54. The third-order valence-electron chi connectivity index (χ3n) is 1.54. The molecule has 68 valence electrons. The second kappa shape index (κ2) is 3.76. The van der Waals surface area contributed by atoms with E-state index in [-0.39, 0.29) is 6.61 Å². The highest BCUT2D eigenvalue weighted by atomic mass is 16.5. The van der Waals surface area contributed by atoms with E-state index in [1.165, 1.54) is 0 Å². The molecule has 0 aromatic carbocycles. The maximum atomic E-state index is 5.61. The fourth-order valence-electron chi connectivity index (χ4n) is 0.874. The van der Waals surface area contributed by atoms with Crippen LogP contribution < -0.4 is 10.5 Å². The lowest BCUT2D eigenvalue weighted by Crippen LogP contribution is -2.05. The molecule has 0 saturated carbocycles. The summed E-state index contributed by atoms with van der Waals surface area (Å²) in [4.78, 5) is 8.04. The van der Waals surface area contributed by atoms with Gasteiger partial charge in [-0.15, -0.1) is 6.42 Å². The molecule has 1 heterocycles. The molecule has 0 aliphatic carbocycles. The molecule has 0 aliphatic rings. The molecule has 0 unspecified atom stereocenters. The minimum atomic E-state index is 0.191. The van der Waals surface area contributed by atoms with E-state index in [1.54, 1.807) is 13.8 Å². The van der Waals surface area contributed by atoms with Gasteiger partial charge in [-0.2, -0.15) is 4.98 Å². The molecule has 1 rings (SSSR count). The van der Waals surface area contributed by atoms with Gasteiger partial charge in [-0.3, -0.25) is 0 Å². The van der Waals surface area contributed by atoms with Crippen molar-refractivity contribution < 1.29 is 4.74 Å². The molecule has 13 heavy (non-hydrogen) atoms. The zero-order valence-corrected chi connectivity index (χ0v) is 7.66. The summed E-state index contributed by atoms with van der Waals surface area (Å²) in [6, 6.07) is 0. The summed E-state index contributed by atoms with van der Waals surface area (Å²) in [5, 5.41) is 0. The monoisotopic (exact) mass is 177 g/mol. The Kier molecular flexibility index (Phi) is 2.70. The van der Waals surface area contributed by atoms with Gasteiger partial charge in [0.1, 0.15) is 11.6 Å². The van der Waals surface area contributed by atoms with Crippen molar-refractivity contribution in [2.75, 3.05) is 12.3 Å². The van der Waals surface area contributed by atoms with Gasteiger partial charge >= 0.3 is 0 Å². The zero-order valence-electron chi connectivity index (χ0n) is 7.66. The maximum absolute atomic E-state index is 5.61. The van der Waals surface area contributed by atoms with E-state index < -0.39 is 0 Å². The van der Waals surface area contributed by atoms with Crippen LogP contribution in [0.3, 0.4) is 0 Å². The smallest absolute Gasteiger partial charge is 0.222 e. The summed E-state index contributed by atoms with van der Waals surface area (Å²) in [6.45, 7) is 3.73. The topological polar surface area (TPSA) is 61.0 Å². The van der Waals surface area contributed by atoms with Crippen molar-refractivity contribution >= 4 is 5.82 Å². The van der Waals surface area contributed by atoms with Crippen molar-refractivity contribution in [2.24, 2.45) is 0 Å². The van der Waals surface area contributed by atoms with Gasteiger partial charge in [-0.05, 0) is 13.8 Å². The van der Waals surface area contributed by atoms with Crippen molar-refractivity contribution in [1.82, 2.24) is 9.97 Å². The first-order chi connectivity index (χ1) is 6.15. The second-order valence-electron chi connectivity index (χ2n) is 2.58. The summed E-state index contributed by atoms with van der Waals surface area (Å²) in [5.74, 6) is 3.83. The van der Waals surface area contributed by atoms with Crippen LogP contribution in [0.5, 0.6) is 5.88 Å². The molecule has 0 aliphatic heterocycles. The van der Waals surface area contributed by atoms with Gasteiger partial charge in [-0.25, -0.2) is 4.98 Å². The van der Waals surface area contributed by atoms with E-state index in [2.05, 4.69) is 15.9 Å². The first-order valence-corrected chi connectivity index (χ1v) is 3.82. The molecule has 2 N–H and O–H groups in total. The fourth-order valence-corrected chi connectivity index (χ4v) is 0.874. The van der Waals surface area contributed by atoms with Crippen LogP contribution in [0.25, 0.3) is 0 Å². The Morgan fingerprint density at radius 3 is 2.77 bits per heavy atom. The Hall–Kier alpha value is -1.76. The summed E-state index contributed by atoms with van der Waals surface area (Å²) in [7, 11) is 0. The number of aromatic nitrogens is 2. The van der Waals surface area contributed by atoms with Crippen LogP contribution in [-0.2, 0) is 0 Å². The van der Waals surface area contributed by atoms with E-state index in [4.69, 9.17) is 16.9 Å². The third kappa shape index (κ3) is 2.09. The highest BCUT2D eigenvalue weighted by Crippen LogP contribution is 2.18. The van der Waals surface area contributed by atoms with Gasteiger partial charge < -0.3 is 10.5 Å². The standard InChI is InChI=1S/C9H11N3O/c1-4-5-13-9-6(2)8(10)11-7(3)12-9/h1H,5H2,2-3H3,(H2,10,11,12). The number of nitrogens with two attached hydrogens (primary N) is 1. The summed E-state index contributed by atoms with van der Waals surface area (Å²) in [5.41, 5.74) is 6.33. The van der Waals surface area contributed by atoms with E-state index in [1.807, 2.05) is 0 Å². The zero-order chi connectivity index (χ0) is 9.84. The molecular weight excluding hydrogens is 166 g/mol. The largest absolute Gasteiger partial charge is 0.464 e. The molecule has 1 aromatic heterocycles. The number of rotatable bonds is 2. The number of hydrogen-bond acceptors (Lipinski definition) is 4. The van der Waals surface area contributed by atoms with E-state index >= 15 is 0 Å². The summed E-state index contributed by atoms with van der Waals surface area (Å²) < 4.78 is 5.18. The molecular formula is C9H11N3O. The van der Waals surface area contributed by atoms with E-state index in [0.29, 0.717) is 17.5 Å². The Balaban J connectivity index is 3.00. The van der Waals surface area contributed by atoms with Gasteiger partial charge in [0.05, 0.1) is 5.56 Å². The molecule has 0 spiro atoms. The van der Waals surface area contributed by atoms with Crippen molar-refractivity contribution in [3.63, 3.8) is 0 Å². The normalized spacial score (nSPS) is 9.31. The van der Waals surface area contributed by atoms with Crippen LogP contribution in [0.2, 0.25) is 0 Å². The van der Waals surface area contributed by atoms with Crippen LogP contribution in [0.4, 0.5) is 5.82 Å². The first kappa shape index (κ1) is 9.33. The average Bonchev–Trinajstić information content (AvgIpc) is 2.09. The van der Waals surface area contributed by atoms with Crippen LogP contribution in [0.1, 0.15) is 11.4 Å². The second-order valence-corrected chi connectivity index (χ2v) is 2.58. The van der Waals surface area contributed by atoms with E-state index in [0.717, 1.165) is 5.56 Å². The molecule has 0 saturated heterocycles. The van der Waals surface area contributed by atoms with Gasteiger partial charge in [0, 0.05) is 0 Å². The SMILES string of the molecule is C#CCOc1nc(C)nc(N)c1C. The number of ether oxygens (including phenoxy) is 1. The summed E-state index contributed by atoms with van der Waals surface area (Å²) >= 11 is 0. The van der Waals surface area contributed by atoms with Crippen LogP contribution >= 0.6 is 0 Å². The molecule has 0 bridgehead atoms. The van der Waals surface area contributed by atoms with Crippen molar-refractivity contribution in [1.29, 1.82) is 0 Å². The molecule has 1 aromatic rings. The minimum Gasteiger partial charge on any atom is -0.464 e. The van der Waals surface area contributed by atoms with Crippen LogP contribution in [0.15, 0.2) is 0 Å². The Morgan fingerprint density at radius 2 is 2.15 bits per heavy atom. The number of aryl methyl sites for hydroxylation is 1. The number of hydrogen-bond donors (Lipinski definition) is 1. The predicted octanol–water partition coefficient (Wildman–Crippen LogP) is 0.688. The van der Waals surface area contributed by atoms with Crippen molar-refractivity contribution in [3.8, 4) is 18.2 Å². The highest BCUT2D eigenvalue weighted by Gasteiger charge is 2.06.